The maximum atomic E-state index is 9.92. The molecular formula is C14H24N2O. The summed E-state index contributed by atoms with van der Waals surface area (Å²) in [4.78, 5) is 2.36. The molecule has 0 radical (unpaired) electrons. The first-order chi connectivity index (χ1) is 8.27. The molecule has 0 aromatic heterocycles. The molecule has 3 nitrogen and oxygen atoms in total. The number of rotatable bonds is 8. The molecule has 0 fully saturated rings. The standard InChI is InChI=1S/C14H24N2O/c1-3-16(4-2)11-10-15-12-14(17)13-8-6-5-7-9-13/h5-9,14-15,17H,3-4,10-12H2,1-2H3. The number of aliphatic hydroxyl groups excluding tert-OH is 1. The number of nitrogens with zero attached hydrogens (tertiary/aromatic N) is 1. The van der Waals surface area contributed by atoms with Crippen LogP contribution in [-0.4, -0.2) is 42.7 Å². The summed E-state index contributed by atoms with van der Waals surface area (Å²) in [6.45, 7) is 9.08. The molecule has 1 aromatic carbocycles. The van der Waals surface area contributed by atoms with E-state index in [2.05, 4.69) is 24.1 Å². The average molecular weight is 236 g/mol. The van der Waals surface area contributed by atoms with E-state index in [9.17, 15) is 5.11 Å². The summed E-state index contributed by atoms with van der Waals surface area (Å²) in [5, 5.41) is 13.2. The van der Waals surface area contributed by atoms with Crippen molar-refractivity contribution in [2.45, 2.75) is 20.0 Å². The molecule has 0 heterocycles. The Labute approximate surface area is 104 Å². The molecule has 0 aliphatic rings. The molecule has 96 valence electrons. The van der Waals surface area contributed by atoms with E-state index in [-0.39, 0.29) is 0 Å². The SMILES string of the molecule is CCN(CC)CCNCC(O)c1ccccc1. The lowest BCUT2D eigenvalue weighted by Gasteiger charge is -2.19. The minimum Gasteiger partial charge on any atom is -0.387 e. The van der Waals surface area contributed by atoms with Crippen LogP contribution in [0.15, 0.2) is 30.3 Å². The van der Waals surface area contributed by atoms with Crippen LogP contribution in [0.1, 0.15) is 25.5 Å². The number of benzene rings is 1. The lowest BCUT2D eigenvalue weighted by atomic mass is 10.1. The van der Waals surface area contributed by atoms with E-state index < -0.39 is 6.10 Å². The van der Waals surface area contributed by atoms with Gasteiger partial charge in [-0.1, -0.05) is 44.2 Å². The molecule has 1 atom stereocenters. The summed E-state index contributed by atoms with van der Waals surface area (Å²) in [7, 11) is 0. The van der Waals surface area contributed by atoms with Gasteiger partial charge in [0.25, 0.3) is 0 Å². The molecule has 1 aromatic rings. The van der Waals surface area contributed by atoms with Gasteiger partial charge in [0.1, 0.15) is 0 Å². The molecule has 3 heteroatoms. The Hall–Kier alpha value is -0.900. The third-order valence-corrected chi connectivity index (χ3v) is 3.02. The Morgan fingerprint density at radius 3 is 2.41 bits per heavy atom. The molecule has 0 aliphatic heterocycles. The predicted molar refractivity (Wildman–Crippen MR) is 72.1 cm³/mol. The second-order valence-electron chi connectivity index (χ2n) is 4.16. The van der Waals surface area contributed by atoms with Crippen molar-refractivity contribution in [2.24, 2.45) is 0 Å². The van der Waals surface area contributed by atoms with Crippen molar-refractivity contribution in [3.05, 3.63) is 35.9 Å². The van der Waals surface area contributed by atoms with Crippen molar-refractivity contribution in [2.75, 3.05) is 32.7 Å². The molecule has 0 amide bonds. The quantitative estimate of drug-likeness (QED) is 0.674. The zero-order valence-electron chi connectivity index (χ0n) is 10.9. The smallest absolute Gasteiger partial charge is 0.0914 e. The van der Waals surface area contributed by atoms with Crippen molar-refractivity contribution in [1.29, 1.82) is 0 Å². The second-order valence-corrected chi connectivity index (χ2v) is 4.16. The van der Waals surface area contributed by atoms with Gasteiger partial charge in [-0.2, -0.15) is 0 Å². The van der Waals surface area contributed by atoms with Crippen LogP contribution in [0.25, 0.3) is 0 Å². The van der Waals surface area contributed by atoms with Crippen molar-refractivity contribution >= 4 is 0 Å². The maximum absolute atomic E-state index is 9.92. The molecule has 0 aliphatic carbocycles. The van der Waals surface area contributed by atoms with E-state index in [4.69, 9.17) is 0 Å². The van der Waals surface area contributed by atoms with Crippen LogP contribution >= 0.6 is 0 Å². The van der Waals surface area contributed by atoms with Crippen LogP contribution < -0.4 is 5.32 Å². The van der Waals surface area contributed by atoms with E-state index in [1.165, 1.54) is 0 Å². The Balaban J connectivity index is 2.19. The number of nitrogens with one attached hydrogen (secondary N) is 1. The Bertz CT molecular complexity index is 286. The first-order valence-corrected chi connectivity index (χ1v) is 6.44. The van der Waals surface area contributed by atoms with Crippen LogP contribution in [0.5, 0.6) is 0 Å². The molecule has 17 heavy (non-hydrogen) atoms. The summed E-state index contributed by atoms with van der Waals surface area (Å²) in [5.74, 6) is 0. The lowest BCUT2D eigenvalue weighted by Crippen LogP contribution is -2.33. The van der Waals surface area contributed by atoms with E-state index >= 15 is 0 Å². The Morgan fingerprint density at radius 1 is 1.18 bits per heavy atom. The number of hydrogen-bond acceptors (Lipinski definition) is 3. The first-order valence-electron chi connectivity index (χ1n) is 6.44. The highest BCUT2D eigenvalue weighted by Gasteiger charge is 2.05. The van der Waals surface area contributed by atoms with Gasteiger partial charge in [0, 0.05) is 19.6 Å². The van der Waals surface area contributed by atoms with Crippen LogP contribution in [0, 0.1) is 0 Å². The van der Waals surface area contributed by atoms with Gasteiger partial charge in [0.15, 0.2) is 0 Å². The Morgan fingerprint density at radius 2 is 1.82 bits per heavy atom. The lowest BCUT2D eigenvalue weighted by molar-refractivity contribution is 0.172. The van der Waals surface area contributed by atoms with Gasteiger partial charge in [0.05, 0.1) is 6.10 Å². The monoisotopic (exact) mass is 236 g/mol. The fourth-order valence-corrected chi connectivity index (χ4v) is 1.81. The summed E-state index contributed by atoms with van der Waals surface area (Å²) in [5.41, 5.74) is 0.975. The molecule has 0 saturated carbocycles. The minimum atomic E-state index is -0.409. The van der Waals surface area contributed by atoms with Crippen LogP contribution in [0.4, 0.5) is 0 Å². The van der Waals surface area contributed by atoms with Gasteiger partial charge in [-0.3, -0.25) is 0 Å². The van der Waals surface area contributed by atoms with E-state index in [0.29, 0.717) is 6.54 Å². The molecular weight excluding hydrogens is 212 g/mol. The zero-order valence-corrected chi connectivity index (χ0v) is 10.9. The van der Waals surface area contributed by atoms with E-state index in [1.807, 2.05) is 30.3 Å². The Kier molecular flexibility index (Phi) is 6.86. The second kappa shape index (κ2) is 8.23. The summed E-state index contributed by atoms with van der Waals surface area (Å²) < 4.78 is 0. The average Bonchev–Trinajstić information content (AvgIpc) is 2.40. The van der Waals surface area contributed by atoms with Crippen molar-refractivity contribution in [3.8, 4) is 0 Å². The third-order valence-electron chi connectivity index (χ3n) is 3.02. The van der Waals surface area contributed by atoms with Gasteiger partial charge in [0.2, 0.25) is 0 Å². The summed E-state index contributed by atoms with van der Waals surface area (Å²) in [6, 6.07) is 9.78. The molecule has 1 unspecified atom stereocenters. The zero-order chi connectivity index (χ0) is 12.5. The fourth-order valence-electron chi connectivity index (χ4n) is 1.81. The van der Waals surface area contributed by atoms with E-state index in [1.54, 1.807) is 0 Å². The van der Waals surface area contributed by atoms with Crippen LogP contribution in [0.3, 0.4) is 0 Å². The molecule has 0 spiro atoms. The van der Waals surface area contributed by atoms with Crippen LogP contribution in [0.2, 0.25) is 0 Å². The number of likely N-dealkylation sites (N-methyl/N-ethyl adjacent to an activating group) is 1. The summed E-state index contributed by atoms with van der Waals surface area (Å²) >= 11 is 0. The van der Waals surface area contributed by atoms with Gasteiger partial charge in [-0.25, -0.2) is 0 Å². The van der Waals surface area contributed by atoms with Gasteiger partial charge >= 0.3 is 0 Å². The maximum Gasteiger partial charge on any atom is 0.0914 e. The van der Waals surface area contributed by atoms with Gasteiger partial charge in [-0.05, 0) is 18.7 Å². The number of aliphatic hydroxyl groups is 1. The predicted octanol–water partition coefficient (Wildman–Crippen LogP) is 1.65. The van der Waals surface area contributed by atoms with Crippen molar-refractivity contribution in [3.63, 3.8) is 0 Å². The first kappa shape index (κ1) is 14.2. The van der Waals surface area contributed by atoms with Crippen LogP contribution in [-0.2, 0) is 0 Å². The van der Waals surface area contributed by atoms with Gasteiger partial charge in [-0.15, -0.1) is 0 Å². The largest absolute Gasteiger partial charge is 0.387 e. The highest BCUT2D eigenvalue weighted by atomic mass is 16.3. The minimum absolute atomic E-state index is 0.409. The normalized spacial score (nSPS) is 12.9. The van der Waals surface area contributed by atoms with Crippen molar-refractivity contribution < 1.29 is 5.11 Å². The van der Waals surface area contributed by atoms with E-state index in [0.717, 1.165) is 31.7 Å². The third kappa shape index (κ3) is 5.31. The van der Waals surface area contributed by atoms with Crippen molar-refractivity contribution in [1.82, 2.24) is 10.2 Å². The number of hydrogen-bond donors (Lipinski definition) is 2. The summed E-state index contributed by atoms with van der Waals surface area (Å²) in [6.07, 6.45) is -0.409. The highest BCUT2D eigenvalue weighted by Crippen LogP contribution is 2.10. The topological polar surface area (TPSA) is 35.5 Å². The molecule has 1 rings (SSSR count). The fraction of sp³-hybridized carbons (Fsp3) is 0.571. The van der Waals surface area contributed by atoms with Gasteiger partial charge < -0.3 is 15.3 Å². The highest BCUT2D eigenvalue weighted by molar-refractivity contribution is 5.17. The molecule has 2 N–H and O–H groups in total. The molecule has 0 bridgehead atoms. The molecule has 0 saturated heterocycles.